The Morgan fingerprint density at radius 2 is 2.25 bits per heavy atom. The van der Waals surface area contributed by atoms with Gasteiger partial charge in [-0.25, -0.2) is 4.98 Å². The number of aromatic nitrogens is 2. The van der Waals surface area contributed by atoms with E-state index < -0.39 is 18.9 Å². The van der Waals surface area contributed by atoms with Gasteiger partial charge in [0.15, 0.2) is 5.69 Å². The van der Waals surface area contributed by atoms with Crippen LogP contribution in [0.4, 0.5) is 19.0 Å². The van der Waals surface area contributed by atoms with E-state index in [0.29, 0.717) is 0 Å². The third-order valence-corrected chi connectivity index (χ3v) is 2.12. The molecule has 0 aliphatic heterocycles. The molecule has 1 aromatic rings. The zero-order valence-electron chi connectivity index (χ0n) is 10.8. The summed E-state index contributed by atoms with van der Waals surface area (Å²) in [7, 11) is 2.95. The molecule has 0 spiro atoms. The van der Waals surface area contributed by atoms with Crippen molar-refractivity contribution >= 4 is 11.7 Å². The number of halogens is 3. The summed E-state index contributed by atoms with van der Waals surface area (Å²) < 4.78 is 40.2. The van der Waals surface area contributed by atoms with Crippen LogP contribution < -0.4 is 5.73 Å². The molecule has 0 saturated carbocycles. The predicted octanol–water partition coefficient (Wildman–Crippen LogP) is 0.986. The van der Waals surface area contributed by atoms with Crippen molar-refractivity contribution in [2.24, 2.45) is 23.1 Å². The van der Waals surface area contributed by atoms with Gasteiger partial charge in [-0.3, -0.25) is 14.5 Å². The molecule has 0 radical (unpaired) electrons. The molecule has 8 nitrogen and oxygen atoms in total. The SMILES string of the molecule is CN(CCOC(F)(F)F)/N=N/c1ncn(C)c1C(N)=O. The van der Waals surface area contributed by atoms with Crippen molar-refractivity contribution < 1.29 is 22.7 Å². The molecule has 0 aromatic carbocycles. The van der Waals surface area contributed by atoms with Gasteiger partial charge < -0.3 is 10.3 Å². The van der Waals surface area contributed by atoms with Crippen molar-refractivity contribution in [3.8, 4) is 0 Å². The minimum absolute atomic E-state index is 0.0106. The Balaban J connectivity index is 2.58. The summed E-state index contributed by atoms with van der Waals surface area (Å²) >= 11 is 0. The van der Waals surface area contributed by atoms with Crippen molar-refractivity contribution in [3.05, 3.63) is 12.0 Å². The van der Waals surface area contributed by atoms with E-state index in [9.17, 15) is 18.0 Å². The zero-order chi connectivity index (χ0) is 15.3. The standard InChI is InChI=1S/C9H13F3N6O2/c1-17-5-14-8(6(17)7(13)19)15-16-18(2)3-4-20-9(10,11)12/h5H,3-4H2,1-2H3,(H2,13,19)/b16-15+. The first-order chi connectivity index (χ1) is 9.20. The number of likely N-dealkylation sites (N-methyl/N-ethyl adjacent to an activating group) is 1. The van der Waals surface area contributed by atoms with Crippen molar-refractivity contribution in [3.63, 3.8) is 0 Å². The van der Waals surface area contributed by atoms with Gasteiger partial charge in [0.2, 0.25) is 5.82 Å². The molecule has 0 fully saturated rings. The lowest BCUT2D eigenvalue weighted by molar-refractivity contribution is -0.324. The van der Waals surface area contributed by atoms with Gasteiger partial charge in [-0.15, -0.1) is 18.3 Å². The van der Waals surface area contributed by atoms with Gasteiger partial charge in [-0.2, -0.15) is 0 Å². The molecular formula is C9H13F3N6O2. The number of hydrogen-bond donors (Lipinski definition) is 1. The van der Waals surface area contributed by atoms with E-state index in [-0.39, 0.29) is 18.1 Å². The number of primary amides is 1. The second-order valence-electron chi connectivity index (χ2n) is 3.76. The number of amides is 1. The number of aryl methyl sites for hydroxylation is 1. The number of nitrogens with two attached hydrogens (primary N) is 1. The summed E-state index contributed by atoms with van der Waals surface area (Å²) in [6.07, 6.45) is -3.36. The van der Waals surface area contributed by atoms with E-state index in [0.717, 1.165) is 5.01 Å². The van der Waals surface area contributed by atoms with Crippen LogP contribution in [0.1, 0.15) is 10.5 Å². The minimum atomic E-state index is -4.68. The number of carbonyl (C=O) groups excluding carboxylic acids is 1. The fourth-order valence-electron chi connectivity index (χ4n) is 1.23. The number of nitrogens with zero attached hydrogens (tertiary/aromatic N) is 5. The number of carbonyl (C=O) groups is 1. The third-order valence-electron chi connectivity index (χ3n) is 2.12. The first-order valence-electron chi connectivity index (χ1n) is 5.35. The van der Waals surface area contributed by atoms with Crippen LogP contribution in [0, 0.1) is 0 Å². The molecule has 112 valence electrons. The quantitative estimate of drug-likeness (QED) is 0.624. The minimum Gasteiger partial charge on any atom is -0.364 e. The maximum atomic E-state index is 11.7. The van der Waals surface area contributed by atoms with Gasteiger partial charge in [0, 0.05) is 14.1 Å². The van der Waals surface area contributed by atoms with Gasteiger partial charge >= 0.3 is 6.36 Å². The Hall–Kier alpha value is -2.17. The molecule has 11 heteroatoms. The van der Waals surface area contributed by atoms with Crippen molar-refractivity contribution in [2.75, 3.05) is 20.2 Å². The highest BCUT2D eigenvalue weighted by atomic mass is 19.4. The number of hydrogen-bond acceptors (Lipinski definition) is 5. The molecule has 1 rings (SSSR count). The zero-order valence-corrected chi connectivity index (χ0v) is 10.8. The highest BCUT2D eigenvalue weighted by molar-refractivity contribution is 5.95. The van der Waals surface area contributed by atoms with E-state index >= 15 is 0 Å². The molecule has 1 heterocycles. The van der Waals surface area contributed by atoms with Crippen LogP contribution in [0.25, 0.3) is 0 Å². The number of ether oxygens (including phenoxy) is 1. The lowest BCUT2D eigenvalue weighted by Gasteiger charge is -2.12. The molecule has 1 aromatic heterocycles. The first kappa shape index (κ1) is 15.9. The average molecular weight is 294 g/mol. The van der Waals surface area contributed by atoms with Gasteiger partial charge in [-0.1, -0.05) is 5.22 Å². The van der Waals surface area contributed by atoms with Crippen LogP contribution in [-0.2, 0) is 11.8 Å². The van der Waals surface area contributed by atoms with E-state index in [1.165, 1.54) is 17.9 Å². The van der Waals surface area contributed by atoms with E-state index in [4.69, 9.17) is 5.73 Å². The molecule has 0 saturated heterocycles. The van der Waals surface area contributed by atoms with Crippen LogP contribution in [0.3, 0.4) is 0 Å². The van der Waals surface area contributed by atoms with Crippen molar-refractivity contribution in [1.29, 1.82) is 0 Å². The predicted molar refractivity (Wildman–Crippen MR) is 60.9 cm³/mol. The van der Waals surface area contributed by atoms with Gasteiger partial charge in [-0.05, 0) is 0 Å². The maximum Gasteiger partial charge on any atom is 0.522 e. The van der Waals surface area contributed by atoms with Crippen LogP contribution in [0.2, 0.25) is 0 Å². The fraction of sp³-hybridized carbons (Fsp3) is 0.556. The molecule has 2 N–H and O–H groups in total. The molecule has 0 aliphatic carbocycles. The summed E-state index contributed by atoms with van der Waals surface area (Å²) in [5.74, 6) is -0.745. The van der Waals surface area contributed by atoms with Gasteiger partial charge in [0.05, 0.1) is 19.5 Å². The van der Waals surface area contributed by atoms with Gasteiger partial charge in [0.1, 0.15) is 0 Å². The number of imidazole rings is 1. The Kier molecular flexibility index (Phi) is 5.02. The van der Waals surface area contributed by atoms with Crippen LogP contribution in [0.15, 0.2) is 16.7 Å². The summed E-state index contributed by atoms with van der Waals surface area (Å²) in [4.78, 5) is 14.9. The second kappa shape index (κ2) is 6.32. The Morgan fingerprint density at radius 1 is 1.60 bits per heavy atom. The summed E-state index contributed by atoms with van der Waals surface area (Å²) in [6.45, 7) is -0.730. The van der Waals surface area contributed by atoms with Crippen LogP contribution in [0.5, 0.6) is 0 Å². The fourth-order valence-corrected chi connectivity index (χ4v) is 1.23. The Labute approximate surface area is 112 Å². The summed E-state index contributed by atoms with van der Waals surface area (Å²) in [6, 6.07) is 0. The van der Waals surface area contributed by atoms with Crippen molar-refractivity contribution in [1.82, 2.24) is 14.6 Å². The highest BCUT2D eigenvalue weighted by Gasteiger charge is 2.28. The molecular weight excluding hydrogens is 281 g/mol. The van der Waals surface area contributed by atoms with E-state index in [1.807, 2.05) is 0 Å². The number of alkyl halides is 3. The van der Waals surface area contributed by atoms with Crippen LogP contribution >= 0.6 is 0 Å². The topological polar surface area (TPSA) is 98.1 Å². The third kappa shape index (κ3) is 4.84. The first-order valence-corrected chi connectivity index (χ1v) is 5.35. The second-order valence-corrected chi connectivity index (χ2v) is 3.76. The molecule has 20 heavy (non-hydrogen) atoms. The van der Waals surface area contributed by atoms with Gasteiger partial charge in [0.25, 0.3) is 5.91 Å². The molecule has 0 atom stereocenters. The Bertz CT molecular complexity index is 498. The average Bonchev–Trinajstić information content (AvgIpc) is 2.66. The van der Waals surface area contributed by atoms with Crippen molar-refractivity contribution in [2.45, 2.75) is 6.36 Å². The molecule has 0 unspecified atom stereocenters. The molecule has 0 aliphatic rings. The lowest BCUT2D eigenvalue weighted by atomic mass is 10.4. The highest BCUT2D eigenvalue weighted by Crippen LogP contribution is 2.17. The monoisotopic (exact) mass is 294 g/mol. The molecule has 0 bridgehead atoms. The largest absolute Gasteiger partial charge is 0.522 e. The summed E-state index contributed by atoms with van der Waals surface area (Å²) in [5.41, 5.74) is 5.18. The lowest BCUT2D eigenvalue weighted by Crippen LogP contribution is -2.22. The smallest absolute Gasteiger partial charge is 0.364 e. The van der Waals surface area contributed by atoms with E-state index in [1.54, 1.807) is 7.05 Å². The van der Waals surface area contributed by atoms with Crippen LogP contribution in [-0.4, -0.2) is 47.0 Å². The Morgan fingerprint density at radius 3 is 2.80 bits per heavy atom. The molecule has 1 amide bonds. The normalized spacial score (nSPS) is 12.1. The number of rotatable bonds is 6. The van der Waals surface area contributed by atoms with E-state index in [2.05, 4.69) is 20.1 Å². The summed E-state index contributed by atoms with van der Waals surface area (Å²) in [5, 5.41) is 8.36. The maximum absolute atomic E-state index is 11.7.